The fraction of sp³-hybridized carbons (Fsp3) is 0.842. The standard InChI is InChI=1S/C19H28O3/c1-18-8-7-16-14(15(18)4-5-17(18)22)3-2-12-10-13(21)6-9-19(12,16)11-20/h2,11,13-17,21-22H,3-10H2,1H3/t13?,14-,15-,16+,17?,18-,19+/m0/s1. The Morgan fingerprint density at radius 2 is 1.95 bits per heavy atom. The largest absolute Gasteiger partial charge is 0.393 e. The first-order valence-electron chi connectivity index (χ1n) is 9.03. The van der Waals surface area contributed by atoms with Gasteiger partial charge in [0.15, 0.2) is 0 Å². The topological polar surface area (TPSA) is 57.5 Å². The molecule has 4 aliphatic carbocycles. The summed E-state index contributed by atoms with van der Waals surface area (Å²) in [5, 5.41) is 20.4. The van der Waals surface area contributed by atoms with Crippen molar-refractivity contribution in [1.82, 2.24) is 0 Å². The van der Waals surface area contributed by atoms with E-state index in [1.54, 1.807) is 0 Å². The average molecular weight is 304 g/mol. The lowest BCUT2D eigenvalue weighted by Gasteiger charge is -2.56. The number of carbonyl (C=O) groups excluding carboxylic acids is 1. The lowest BCUT2D eigenvalue weighted by molar-refractivity contribution is -0.127. The van der Waals surface area contributed by atoms with Gasteiger partial charge in [0.2, 0.25) is 0 Å². The van der Waals surface area contributed by atoms with Gasteiger partial charge in [-0.2, -0.15) is 0 Å². The van der Waals surface area contributed by atoms with E-state index in [0.717, 1.165) is 44.9 Å². The lowest BCUT2D eigenvalue weighted by Crippen LogP contribution is -2.52. The van der Waals surface area contributed by atoms with Gasteiger partial charge in [0.25, 0.3) is 0 Å². The van der Waals surface area contributed by atoms with E-state index in [-0.39, 0.29) is 23.0 Å². The van der Waals surface area contributed by atoms with Gasteiger partial charge in [-0.25, -0.2) is 0 Å². The number of aliphatic hydroxyl groups is 2. The van der Waals surface area contributed by atoms with Gasteiger partial charge in [-0.15, -0.1) is 0 Å². The Bertz CT molecular complexity index is 513. The fourth-order valence-electron chi connectivity index (χ4n) is 6.54. The van der Waals surface area contributed by atoms with Crippen LogP contribution in [-0.4, -0.2) is 28.7 Å². The van der Waals surface area contributed by atoms with Crippen LogP contribution in [0.1, 0.15) is 58.3 Å². The van der Waals surface area contributed by atoms with Gasteiger partial charge < -0.3 is 15.0 Å². The number of allylic oxidation sites excluding steroid dienone is 1. The van der Waals surface area contributed by atoms with Gasteiger partial charge in [-0.05, 0) is 74.5 Å². The van der Waals surface area contributed by atoms with Gasteiger partial charge in [0.05, 0.1) is 17.6 Å². The maximum atomic E-state index is 12.1. The van der Waals surface area contributed by atoms with E-state index in [4.69, 9.17) is 0 Å². The van der Waals surface area contributed by atoms with Gasteiger partial charge in [-0.3, -0.25) is 0 Å². The maximum Gasteiger partial charge on any atom is 0.130 e. The molecule has 7 atom stereocenters. The number of hydrogen-bond donors (Lipinski definition) is 2. The number of hydrogen-bond acceptors (Lipinski definition) is 3. The minimum absolute atomic E-state index is 0.0603. The second-order valence-corrected chi connectivity index (χ2v) is 8.53. The highest BCUT2D eigenvalue weighted by Crippen LogP contribution is 2.64. The van der Waals surface area contributed by atoms with E-state index in [9.17, 15) is 15.0 Å². The van der Waals surface area contributed by atoms with E-state index in [2.05, 4.69) is 13.0 Å². The second kappa shape index (κ2) is 4.91. The van der Waals surface area contributed by atoms with Crippen molar-refractivity contribution in [2.45, 2.75) is 70.5 Å². The van der Waals surface area contributed by atoms with Gasteiger partial charge in [0, 0.05) is 0 Å². The van der Waals surface area contributed by atoms with Gasteiger partial charge >= 0.3 is 0 Å². The summed E-state index contributed by atoms with van der Waals surface area (Å²) in [6, 6.07) is 0. The van der Waals surface area contributed by atoms with Crippen molar-refractivity contribution < 1.29 is 15.0 Å². The molecule has 0 aromatic carbocycles. The highest BCUT2D eigenvalue weighted by Gasteiger charge is 2.59. The highest BCUT2D eigenvalue weighted by molar-refractivity contribution is 5.67. The molecule has 3 fully saturated rings. The molecule has 22 heavy (non-hydrogen) atoms. The summed E-state index contributed by atoms with van der Waals surface area (Å²) in [6.45, 7) is 2.27. The molecule has 0 amide bonds. The van der Waals surface area contributed by atoms with Crippen LogP contribution in [0.25, 0.3) is 0 Å². The zero-order valence-electron chi connectivity index (χ0n) is 13.5. The van der Waals surface area contributed by atoms with Crippen LogP contribution in [0.5, 0.6) is 0 Å². The predicted molar refractivity (Wildman–Crippen MR) is 84.1 cm³/mol. The highest BCUT2D eigenvalue weighted by atomic mass is 16.3. The van der Waals surface area contributed by atoms with Crippen molar-refractivity contribution in [3.05, 3.63) is 11.6 Å². The SMILES string of the molecule is C[C@]12CC[C@@H]3[C@@H](CC=C4CC(O)CC[C@@]43C=O)[C@@H]1CCC2O. The molecule has 2 unspecified atom stereocenters. The molecule has 122 valence electrons. The molecule has 0 aliphatic heterocycles. The third-order valence-corrected chi connectivity index (χ3v) is 7.84. The van der Waals surface area contributed by atoms with Crippen LogP contribution in [0, 0.1) is 28.6 Å². The van der Waals surface area contributed by atoms with E-state index in [1.807, 2.05) is 0 Å². The Labute approximate surface area is 132 Å². The molecule has 0 saturated heterocycles. The number of carbonyl (C=O) groups is 1. The molecule has 0 bridgehead atoms. The molecule has 3 saturated carbocycles. The molecule has 0 heterocycles. The molecule has 0 radical (unpaired) electrons. The first-order chi connectivity index (χ1) is 10.5. The molecule has 0 aromatic rings. The van der Waals surface area contributed by atoms with Crippen molar-refractivity contribution in [3.8, 4) is 0 Å². The summed E-state index contributed by atoms with van der Waals surface area (Å²) in [5.74, 6) is 1.53. The number of aliphatic hydroxyl groups excluding tert-OH is 2. The van der Waals surface area contributed by atoms with Crippen LogP contribution in [0.4, 0.5) is 0 Å². The quantitative estimate of drug-likeness (QED) is 0.578. The molecule has 3 heteroatoms. The Hall–Kier alpha value is -0.670. The minimum atomic E-state index is -0.309. The molecule has 0 aromatic heterocycles. The van der Waals surface area contributed by atoms with Crippen LogP contribution in [0.15, 0.2) is 11.6 Å². The molecule has 2 N–H and O–H groups in total. The zero-order chi connectivity index (χ0) is 15.5. The first-order valence-corrected chi connectivity index (χ1v) is 9.03. The molecular formula is C19H28O3. The molecule has 0 spiro atoms. The molecule has 3 nitrogen and oxygen atoms in total. The molecule has 4 aliphatic rings. The summed E-state index contributed by atoms with van der Waals surface area (Å²) in [6.07, 6.45) is 10.5. The maximum absolute atomic E-state index is 12.1. The number of aldehydes is 1. The normalized spacial score (nSPS) is 54.0. The Balaban J connectivity index is 1.72. The van der Waals surface area contributed by atoms with Gasteiger partial charge in [-0.1, -0.05) is 18.6 Å². The number of fused-ring (bicyclic) bond motifs is 5. The van der Waals surface area contributed by atoms with Crippen LogP contribution in [0.2, 0.25) is 0 Å². The lowest BCUT2D eigenvalue weighted by atomic mass is 9.48. The smallest absolute Gasteiger partial charge is 0.130 e. The van der Waals surface area contributed by atoms with Crippen LogP contribution < -0.4 is 0 Å². The van der Waals surface area contributed by atoms with Crippen molar-refractivity contribution in [2.75, 3.05) is 0 Å². The van der Waals surface area contributed by atoms with Gasteiger partial charge in [0.1, 0.15) is 6.29 Å². The van der Waals surface area contributed by atoms with E-state index >= 15 is 0 Å². The number of rotatable bonds is 1. The zero-order valence-corrected chi connectivity index (χ0v) is 13.5. The van der Waals surface area contributed by atoms with E-state index in [0.29, 0.717) is 24.2 Å². The third kappa shape index (κ3) is 1.78. The van der Waals surface area contributed by atoms with E-state index in [1.165, 1.54) is 11.9 Å². The second-order valence-electron chi connectivity index (χ2n) is 8.53. The molecular weight excluding hydrogens is 276 g/mol. The summed E-state index contributed by atoms with van der Waals surface area (Å²) in [4.78, 5) is 12.1. The summed E-state index contributed by atoms with van der Waals surface area (Å²) in [5.41, 5.74) is 0.964. The van der Waals surface area contributed by atoms with Crippen molar-refractivity contribution >= 4 is 6.29 Å². The van der Waals surface area contributed by atoms with Crippen LogP contribution >= 0.6 is 0 Å². The molecule has 4 rings (SSSR count). The monoisotopic (exact) mass is 304 g/mol. The summed E-state index contributed by atoms with van der Waals surface area (Å²) in [7, 11) is 0. The van der Waals surface area contributed by atoms with Crippen molar-refractivity contribution in [3.63, 3.8) is 0 Å². The van der Waals surface area contributed by atoms with Crippen LogP contribution in [0.3, 0.4) is 0 Å². The fourth-order valence-corrected chi connectivity index (χ4v) is 6.54. The third-order valence-electron chi connectivity index (χ3n) is 7.84. The Morgan fingerprint density at radius 3 is 2.73 bits per heavy atom. The Morgan fingerprint density at radius 1 is 1.14 bits per heavy atom. The van der Waals surface area contributed by atoms with Crippen LogP contribution in [-0.2, 0) is 4.79 Å². The minimum Gasteiger partial charge on any atom is -0.393 e. The summed E-state index contributed by atoms with van der Waals surface area (Å²) >= 11 is 0. The first kappa shape index (κ1) is 14.9. The predicted octanol–water partition coefficient (Wildman–Crippen LogP) is 2.85. The van der Waals surface area contributed by atoms with Crippen molar-refractivity contribution in [2.24, 2.45) is 28.6 Å². The summed E-state index contributed by atoms with van der Waals surface area (Å²) < 4.78 is 0. The van der Waals surface area contributed by atoms with E-state index < -0.39 is 0 Å². The van der Waals surface area contributed by atoms with Crippen molar-refractivity contribution in [1.29, 1.82) is 0 Å². The average Bonchev–Trinajstić information content (AvgIpc) is 2.82. The Kier molecular flexibility index (Phi) is 3.32.